The van der Waals surface area contributed by atoms with Crippen molar-refractivity contribution in [2.45, 2.75) is 32.3 Å². The number of amides is 1. The van der Waals surface area contributed by atoms with Crippen molar-refractivity contribution in [3.05, 3.63) is 28.8 Å². The molecule has 0 bridgehead atoms. The molecule has 0 atom stereocenters. The number of anilines is 1. The number of rotatable bonds is 4. The minimum absolute atomic E-state index is 0.0358. The molecule has 1 saturated heterocycles. The molecule has 0 radical (unpaired) electrons. The number of carbonyl (C=O) groups excluding carboxylic acids is 1. The Labute approximate surface area is 124 Å². The lowest BCUT2D eigenvalue weighted by Gasteiger charge is -2.21. The van der Waals surface area contributed by atoms with E-state index in [2.05, 4.69) is 5.32 Å². The number of nitrogens with one attached hydrogen (secondary N) is 1. The summed E-state index contributed by atoms with van der Waals surface area (Å²) < 4.78 is 0. The van der Waals surface area contributed by atoms with Gasteiger partial charge in [-0.25, -0.2) is 0 Å². The molecule has 4 nitrogen and oxygen atoms in total. The third-order valence-electron chi connectivity index (χ3n) is 3.60. The second-order valence-corrected chi connectivity index (χ2v) is 5.53. The van der Waals surface area contributed by atoms with E-state index in [-0.39, 0.29) is 19.1 Å². The Morgan fingerprint density at radius 3 is 2.60 bits per heavy atom. The molecule has 20 heavy (non-hydrogen) atoms. The summed E-state index contributed by atoms with van der Waals surface area (Å²) in [6.07, 6.45) is 4.60. The van der Waals surface area contributed by atoms with Crippen LogP contribution in [0.4, 0.5) is 5.69 Å². The quantitative estimate of drug-likeness (QED) is 0.898. The number of nitrogens with zero attached hydrogens (tertiary/aromatic N) is 1. The Kier molecular flexibility index (Phi) is 5.68. The highest BCUT2D eigenvalue weighted by Gasteiger charge is 2.15. The summed E-state index contributed by atoms with van der Waals surface area (Å²) in [5.41, 5.74) is 1.47. The molecule has 0 spiro atoms. The van der Waals surface area contributed by atoms with E-state index in [0.29, 0.717) is 10.7 Å². The minimum atomic E-state index is -0.0358. The van der Waals surface area contributed by atoms with Gasteiger partial charge in [-0.3, -0.25) is 4.79 Å². The Morgan fingerprint density at radius 2 is 1.95 bits per heavy atom. The van der Waals surface area contributed by atoms with Crippen LogP contribution in [0.25, 0.3) is 0 Å². The molecule has 1 amide bonds. The van der Waals surface area contributed by atoms with Gasteiger partial charge in [-0.15, -0.1) is 0 Å². The molecule has 0 saturated carbocycles. The van der Waals surface area contributed by atoms with Gasteiger partial charge in [-0.2, -0.15) is 0 Å². The fraction of sp³-hybridized carbons (Fsp3) is 0.533. The average molecular weight is 297 g/mol. The van der Waals surface area contributed by atoms with Crippen LogP contribution in [0.5, 0.6) is 0 Å². The van der Waals surface area contributed by atoms with Crippen LogP contribution in [0.3, 0.4) is 0 Å². The van der Waals surface area contributed by atoms with E-state index in [4.69, 9.17) is 16.7 Å². The van der Waals surface area contributed by atoms with Gasteiger partial charge in [0.25, 0.3) is 0 Å². The molecule has 1 heterocycles. The fourth-order valence-electron chi connectivity index (χ4n) is 2.41. The normalized spacial score (nSPS) is 15.8. The number of aliphatic hydroxyl groups is 1. The first-order valence-corrected chi connectivity index (χ1v) is 7.49. The second kappa shape index (κ2) is 7.50. The maximum Gasteiger partial charge on any atom is 0.241 e. The summed E-state index contributed by atoms with van der Waals surface area (Å²) in [4.78, 5) is 14.1. The lowest BCUT2D eigenvalue weighted by Crippen LogP contribution is -2.36. The molecule has 0 aromatic heterocycles. The highest BCUT2D eigenvalue weighted by atomic mass is 35.5. The molecule has 0 unspecified atom stereocenters. The molecule has 0 aliphatic carbocycles. The van der Waals surface area contributed by atoms with E-state index in [0.717, 1.165) is 31.5 Å². The standard InChI is InChI=1S/C15H21ClN2O2/c16-13-6-5-12(11-19)9-14(13)17-10-15(20)18-7-3-1-2-4-8-18/h5-6,9,17,19H,1-4,7-8,10-11H2. The smallest absolute Gasteiger partial charge is 0.241 e. The predicted octanol–water partition coefficient (Wildman–Crippen LogP) is 2.65. The van der Waals surface area contributed by atoms with E-state index >= 15 is 0 Å². The molecule has 1 aliphatic rings. The van der Waals surface area contributed by atoms with Crippen LogP contribution < -0.4 is 5.32 Å². The Balaban J connectivity index is 1.92. The number of hydrogen-bond acceptors (Lipinski definition) is 3. The summed E-state index contributed by atoms with van der Waals surface area (Å²) in [6, 6.07) is 5.27. The van der Waals surface area contributed by atoms with Gasteiger partial charge in [0.1, 0.15) is 0 Å². The number of hydrogen-bond donors (Lipinski definition) is 2. The van der Waals surface area contributed by atoms with E-state index in [1.807, 2.05) is 4.90 Å². The van der Waals surface area contributed by atoms with Crippen molar-refractivity contribution in [2.75, 3.05) is 25.0 Å². The largest absolute Gasteiger partial charge is 0.392 e. The summed E-state index contributed by atoms with van der Waals surface area (Å²) in [6.45, 7) is 1.91. The van der Waals surface area contributed by atoms with Gasteiger partial charge in [-0.1, -0.05) is 30.5 Å². The van der Waals surface area contributed by atoms with Crippen LogP contribution in [0.15, 0.2) is 18.2 Å². The van der Waals surface area contributed by atoms with Gasteiger partial charge >= 0.3 is 0 Å². The molecule has 1 aromatic carbocycles. The number of aliphatic hydroxyl groups excluding tert-OH is 1. The SMILES string of the molecule is O=C(CNc1cc(CO)ccc1Cl)N1CCCCCC1. The molecule has 1 aromatic rings. The number of halogens is 1. The zero-order valence-electron chi connectivity index (χ0n) is 11.6. The molecular formula is C15H21ClN2O2. The van der Waals surface area contributed by atoms with Gasteiger partial charge in [-0.05, 0) is 30.5 Å². The number of benzene rings is 1. The van der Waals surface area contributed by atoms with Crippen molar-refractivity contribution < 1.29 is 9.90 Å². The van der Waals surface area contributed by atoms with Gasteiger partial charge in [0, 0.05) is 13.1 Å². The van der Waals surface area contributed by atoms with Gasteiger partial charge in [0.2, 0.25) is 5.91 Å². The maximum absolute atomic E-state index is 12.2. The number of carbonyl (C=O) groups is 1. The molecule has 110 valence electrons. The molecular weight excluding hydrogens is 276 g/mol. The van der Waals surface area contributed by atoms with Crippen molar-refractivity contribution in [2.24, 2.45) is 0 Å². The number of likely N-dealkylation sites (tertiary alicyclic amines) is 1. The van der Waals surface area contributed by atoms with Crippen molar-refractivity contribution >= 4 is 23.2 Å². The van der Waals surface area contributed by atoms with Gasteiger partial charge in [0.05, 0.1) is 23.9 Å². The molecule has 2 rings (SSSR count). The summed E-state index contributed by atoms with van der Waals surface area (Å²) >= 11 is 6.08. The zero-order chi connectivity index (χ0) is 14.4. The first-order valence-electron chi connectivity index (χ1n) is 7.11. The first-order chi connectivity index (χ1) is 9.70. The van der Waals surface area contributed by atoms with Crippen molar-refractivity contribution in [1.82, 2.24) is 4.90 Å². The molecule has 1 fully saturated rings. The highest BCUT2D eigenvalue weighted by Crippen LogP contribution is 2.23. The first kappa shape index (κ1) is 15.1. The molecule has 1 aliphatic heterocycles. The van der Waals surface area contributed by atoms with E-state index in [9.17, 15) is 4.79 Å². The van der Waals surface area contributed by atoms with E-state index < -0.39 is 0 Å². The van der Waals surface area contributed by atoms with Crippen LogP contribution in [-0.2, 0) is 11.4 Å². The lowest BCUT2D eigenvalue weighted by atomic mass is 10.2. The van der Waals surface area contributed by atoms with Crippen LogP contribution in [0.2, 0.25) is 5.02 Å². The Morgan fingerprint density at radius 1 is 1.25 bits per heavy atom. The summed E-state index contributed by atoms with van der Waals surface area (Å²) in [5, 5.41) is 12.8. The monoisotopic (exact) mass is 296 g/mol. The van der Waals surface area contributed by atoms with Crippen molar-refractivity contribution in [3.63, 3.8) is 0 Å². The minimum Gasteiger partial charge on any atom is -0.392 e. The zero-order valence-corrected chi connectivity index (χ0v) is 12.3. The van der Waals surface area contributed by atoms with E-state index in [1.54, 1.807) is 18.2 Å². The van der Waals surface area contributed by atoms with Crippen LogP contribution in [-0.4, -0.2) is 35.5 Å². The maximum atomic E-state index is 12.2. The molecule has 5 heteroatoms. The van der Waals surface area contributed by atoms with Gasteiger partial charge in [0.15, 0.2) is 0 Å². The van der Waals surface area contributed by atoms with Crippen LogP contribution in [0, 0.1) is 0 Å². The fourth-order valence-corrected chi connectivity index (χ4v) is 2.59. The second-order valence-electron chi connectivity index (χ2n) is 5.12. The van der Waals surface area contributed by atoms with Crippen molar-refractivity contribution in [3.8, 4) is 0 Å². The Bertz CT molecular complexity index is 457. The summed E-state index contributed by atoms with van der Waals surface area (Å²) in [5.74, 6) is 0.109. The topological polar surface area (TPSA) is 52.6 Å². The van der Waals surface area contributed by atoms with Crippen LogP contribution in [0.1, 0.15) is 31.2 Å². The van der Waals surface area contributed by atoms with Crippen LogP contribution >= 0.6 is 11.6 Å². The molecule has 2 N–H and O–H groups in total. The predicted molar refractivity (Wildman–Crippen MR) is 80.9 cm³/mol. The third kappa shape index (κ3) is 4.12. The van der Waals surface area contributed by atoms with Gasteiger partial charge < -0.3 is 15.3 Å². The Hall–Kier alpha value is -1.26. The lowest BCUT2D eigenvalue weighted by molar-refractivity contribution is -0.129. The third-order valence-corrected chi connectivity index (χ3v) is 3.93. The van der Waals surface area contributed by atoms with E-state index in [1.165, 1.54) is 12.8 Å². The average Bonchev–Trinajstić information content (AvgIpc) is 2.75. The van der Waals surface area contributed by atoms with Crippen molar-refractivity contribution in [1.29, 1.82) is 0 Å². The highest BCUT2D eigenvalue weighted by molar-refractivity contribution is 6.33. The summed E-state index contributed by atoms with van der Waals surface area (Å²) in [7, 11) is 0.